The van der Waals surface area contributed by atoms with Crippen LogP contribution in [0.4, 0.5) is 0 Å². The van der Waals surface area contributed by atoms with Crippen LogP contribution in [-0.4, -0.2) is 22.4 Å². The fourth-order valence-electron chi connectivity index (χ4n) is 2.40. The number of pyridine rings is 1. The Morgan fingerprint density at radius 2 is 2.00 bits per heavy atom. The van der Waals surface area contributed by atoms with E-state index in [1.165, 1.54) is 0 Å². The molecule has 2 aromatic heterocycles. The van der Waals surface area contributed by atoms with Crippen LogP contribution in [0.1, 0.15) is 17.0 Å². The molecule has 1 amide bonds. The Bertz CT molecular complexity index is 798. The van der Waals surface area contributed by atoms with Gasteiger partial charge in [0, 0.05) is 24.5 Å². The zero-order valence-electron chi connectivity index (χ0n) is 13.5. The quantitative estimate of drug-likeness (QED) is 0.758. The molecule has 0 saturated carbocycles. The zero-order valence-corrected chi connectivity index (χ0v) is 13.5. The minimum Gasteiger partial charge on any atom is -0.441 e. The van der Waals surface area contributed by atoms with Gasteiger partial charge < -0.3 is 9.73 Å². The van der Waals surface area contributed by atoms with Gasteiger partial charge in [-0.05, 0) is 37.1 Å². The van der Waals surface area contributed by atoms with Crippen molar-refractivity contribution in [2.75, 3.05) is 6.54 Å². The summed E-state index contributed by atoms with van der Waals surface area (Å²) in [5.41, 5.74) is 2.68. The number of benzene rings is 1. The molecule has 2 heterocycles. The van der Waals surface area contributed by atoms with Crippen molar-refractivity contribution in [3.8, 4) is 11.5 Å². The summed E-state index contributed by atoms with van der Waals surface area (Å²) < 4.78 is 5.68. The summed E-state index contributed by atoms with van der Waals surface area (Å²) in [6.45, 7) is 2.41. The molecule has 5 heteroatoms. The summed E-state index contributed by atoms with van der Waals surface area (Å²) in [5, 5.41) is 2.91. The van der Waals surface area contributed by atoms with E-state index < -0.39 is 0 Å². The van der Waals surface area contributed by atoms with Gasteiger partial charge in [-0.1, -0.05) is 24.3 Å². The molecule has 0 radical (unpaired) electrons. The molecule has 0 aliphatic carbocycles. The number of oxazole rings is 1. The van der Waals surface area contributed by atoms with Crippen molar-refractivity contribution >= 4 is 5.91 Å². The Kier molecular flexibility index (Phi) is 5.01. The third-order valence-electron chi connectivity index (χ3n) is 3.70. The van der Waals surface area contributed by atoms with Gasteiger partial charge in [0.2, 0.25) is 11.8 Å². The van der Waals surface area contributed by atoms with E-state index >= 15 is 0 Å². The molecule has 24 heavy (non-hydrogen) atoms. The number of hydrogen-bond acceptors (Lipinski definition) is 4. The number of carbonyl (C=O) groups is 1. The van der Waals surface area contributed by atoms with Crippen molar-refractivity contribution in [3.05, 3.63) is 71.9 Å². The highest BCUT2D eigenvalue weighted by Crippen LogP contribution is 2.21. The second kappa shape index (κ2) is 7.55. The normalized spacial score (nSPS) is 10.5. The molecular formula is C19H19N3O2. The van der Waals surface area contributed by atoms with Gasteiger partial charge in [0.15, 0.2) is 0 Å². The number of carbonyl (C=O) groups excluding carboxylic acids is 1. The molecule has 0 aliphatic rings. The molecule has 3 rings (SSSR count). The van der Waals surface area contributed by atoms with Gasteiger partial charge in [-0.2, -0.15) is 0 Å². The van der Waals surface area contributed by atoms with E-state index in [9.17, 15) is 4.79 Å². The molecule has 0 aliphatic heterocycles. The van der Waals surface area contributed by atoms with Crippen LogP contribution in [0.5, 0.6) is 0 Å². The Morgan fingerprint density at radius 1 is 1.17 bits per heavy atom. The van der Waals surface area contributed by atoms with Crippen LogP contribution in [0.3, 0.4) is 0 Å². The SMILES string of the molecule is Cc1oc(-c2ccccc2)nc1CC(=O)NCCc1cccnc1. The first kappa shape index (κ1) is 15.9. The van der Waals surface area contributed by atoms with Gasteiger partial charge >= 0.3 is 0 Å². The number of nitrogens with one attached hydrogen (secondary N) is 1. The van der Waals surface area contributed by atoms with E-state index in [1.54, 1.807) is 12.4 Å². The number of aromatic nitrogens is 2. The number of nitrogens with zero attached hydrogens (tertiary/aromatic N) is 2. The Hall–Kier alpha value is -2.95. The van der Waals surface area contributed by atoms with Gasteiger partial charge in [0.25, 0.3) is 0 Å². The molecule has 0 fully saturated rings. The van der Waals surface area contributed by atoms with E-state index in [0.29, 0.717) is 23.9 Å². The molecule has 122 valence electrons. The maximum atomic E-state index is 12.1. The zero-order chi connectivity index (χ0) is 16.8. The van der Waals surface area contributed by atoms with Crippen molar-refractivity contribution in [1.82, 2.24) is 15.3 Å². The van der Waals surface area contributed by atoms with Crippen molar-refractivity contribution in [1.29, 1.82) is 0 Å². The summed E-state index contributed by atoms with van der Waals surface area (Å²) in [6.07, 6.45) is 4.52. The maximum Gasteiger partial charge on any atom is 0.226 e. The minimum absolute atomic E-state index is 0.0603. The minimum atomic E-state index is -0.0603. The molecular weight excluding hydrogens is 302 g/mol. The summed E-state index contributed by atoms with van der Waals surface area (Å²) in [6, 6.07) is 13.6. The summed E-state index contributed by atoms with van der Waals surface area (Å²) in [5.74, 6) is 1.16. The van der Waals surface area contributed by atoms with E-state index in [0.717, 1.165) is 17.5 Å². The first-order valence-electron chi connectivity index (χ1n) is 7.89. The monoisotopic (exact) mass is 321 g/mol. The lowest BCUT2D eigenvalue weighted by Crippen LogP contribution is -2.27. The van der Waals surface area contributed by atoms with E-state index in [2.05, 4.69) is 15.3 Å². The van der Waals surface area contributed by atoms with Crippen LogP contribution < -0.4 is 5.32 Å². The third-order valence-corrected chi connectivity index (χ3v) is 3.70. The van der Waals surface area contributed by atoms with Gasteiger partial charge in [-0.15, -0.1) is 0 Å². The lowest BCUT2D eigenvalue weighted by Gasteiger charge is -2.04. The first-order chi connectivity index (χ1) is 11.7. The third kappa shape index (κ3) is 4.07. The van der Waals surface area contributed by atoms with Crippen LogP contribution in [0.25, 0.3) is 11.5 Å². The molecule has 0 spiro atoms. The largest absolute Gasteiger partial charge is 0.441 e. The van der Waals surface area contributed by atoms with Crippen molar-refractivity contribution in [2.24, 2.45) is 0 Å². The summed E-state index contributed by atoms with van der Waals surface area (Å²) in [7, 11) is 0. The average Bonchev–Trinajstić information content (AvgIpc) is 2.97. The van der Waals surface area contributed by atoms with Gasteiger partial charge in [-0.3, -0.25) is 9.78 Å². The lowest BCUT2D eigenvalue weighted by molar-refractivity contribution is -0.120. The average molecular weight is 321 g/mol. The molecule has 0 bridgehead atoms. The lowest BCUT2D eigenvalue weighted by atomic mass is 10.2. The predicted octanol–water partition coefficient (Wildman–Crippen LogP) is 2.95. The number of amides is 1. The van der Waals surface area contributed by atoms with Gasteiger partial charge in [0.05, 0.1) is 12.1 Å². The second-order valence-corrected chi connectivity index (χ2v) is 5.53. The van der Waals surface area contributed by atoms with Crippen molar-refractivity contribution in [2.45, 2.75) is 19.8 Å². The predicted molar refractivity (Wildman–Crippen MR) is 91.3 cm³/mol. The molecule has 1 aromatic carbocycles. The summed E-state index contributed by atoms with van der Waals surface area (Å²) in [4.78, 5) is 20.6. The molecule has 0 unspecified atom stereocenters. The van der Waals surface area contributed by atoms with E-state index in [1.807, 2.05) is 49.4 Å². The second-order valence-electron chi connectivity index (χ2n) is 5.53. The molecule has 1 N–H and O–H groups in total. The summed E-state index contributed by atoms with van der Waals surface area (Å²) >= 11 is 0. The van der Waals surface area contributed by atoms with Gasteiger partial charge in [-0.25, -0.2) is 4.98 Å². The molecule has 0 atom stereocenters. The number of aryl methyl sites for hydroxylation is 1. The standard InChI is InChI=1S/C19H19N3O2/c1-14-17(22-19(24-14)16-7-3-2-4-8-16)12-18(23)21-11-9-15-6-5-10-20-13-15/h2-8,10,13H,9,11-12H2,1H3,(H,21,23). The highest BCUT2D eigenvalue weighted by molar-refractivity contribution is 5.78. The maximum absolute atomic E-state index is 12.1. The van der Waals surface area contributed by atoms with Gasteiger partial charge in [0.1, 0.15) is 5.76 Å². The highest BCUT2D eigenvalue weighted by Gasteiger charge is 2.14. The number of rotatable bonds is 6. The molecule has 0 saturated heterocycles. The number of hydrogen-bond donors (Lipinski definition) is 1. The van der Waals surface area contributed by atoms with Crippen molar-refractivity contribution in [3.63, 3.8) is 0 Å². The molecule has 5 nitrogen and oxygen atoms in total. The smallest absolute Gasteiger partial charge is 0.226 e. The topological polar surface area (TPSA) is 68.0 Å². The Balaban J connectivity index is 1.56. The van der Waals surface area contributed by atoms with Crippen LogP contribution in [0, 0.1) is 6.92 Å². The molecule has 3 aromatic rings. The Labute approximate surface area is 140 Å². The van der Waals surface area contributed by atoms with E-state index in [4.69, 9.17) is 4.42 Å². The van der Waals surface area contributed by atoms with Crippen molar-refractivity contribution < 1.29 is 9.21 Å². The van der Waals surface area contributed by atoms with Crippen LogP contribution in [0.2, 0.25) is 0 Å². The Morgan fingerprint density at radius 3 is 2.75 bits per heavy atom. The van der Waals surface area contributed by atoms with Crippen LogP contribution in [-0.2, 0) is 17.6 Å². The first-order valence-corrected chi connectivity index (χ1v) is 7.89. The van der Waals surface area contributed by atoms with E-state index in [-0.39, 0.29) is 12.3 Å². The van der Waals surface area contributed by atoms with Crippen LogP contribution >= 0.6 is 0 Å². The fraction of sp³-hybridized carbons (Fsp3) is 0.211. The van der Waals surface area contributed by atoms with Crippen LogP contribution in [0.15, 0.2) is 59.3 Å². The highest BCUT2D eigenvalue weighted by atomic mass is 16.4. The fourth-order valence-corrected chi connectivity index (χ4v) is 2.40.